The topological polar surface area (TPSA) is 75.7 Å². The fourth-order valence-corrected chi connectivity index (χ4v) is 3.65. The van der Waals surface area contributed by atoms with Gasteiger partial charge in [-0.05, 0) is 55.8 Å². The lowest BCUT2D eigenvalue weighted by atomic mass is 10.1. The smallest absolute Gasteiger partial charge is 0.241 e. The van der Waals surface area contributed by atoms with Gasteiger partial charge >= 0.3 is 0 Å². The molecule has 2 aromatic rings. The normalized spacial score (nSPS) is 12.3. The zero-order valence-corrected chi connectivity index (χ0v) is 17.9. The van der Waals surface area contributed by atoms with Crippen molar-refractivity contribution in [2.45, 2.75) is 19.9 Å². The van der Waals surface area contributed by atoms with Crippen LogP contribution in [0.3, 0.4) is 0 Å². The van der Waals surface area contributed by atoms with Crippen molar-refractivity contribution in [1.82, 2.24) is 5.32 Å². The lowest BCUT2D eigenvalue weighted by Crippen LogP contribution is -2.41. The van der Waals surface area contributed by atoms with E-state index in [9.17, 15) is 13.2 Å². The number of halogens is 1. The van der Waals surface area contributed by atoms with Crippen molar-refractivity contribution < 1.29 is 17.9 Å². The van der Waals surface area contributed by atoms with E-state index in [1.54, 1.807) is 24.3 Å². The highest BCUT2D eigenvalue weighted by Crippen LogP contribution is 2.21. The number of nitrogens with zero attached hydrogens (tertiary/aromatic N) is 1. The standard InChI is InChI=1S/C19H23BrN2O4S/c1-4-26-18-11-5-15(6-12-18)14(2)21-19(23)13-22(27(3,24)25)17-9-7-16(20)8-10-17/h5-12,14H,4,13H2,1-3H3,(H,21,23)/t14-/m0/s1. The Morgan fingerprint density at radius 1 is 1.15 bits per heavy atom. The van der Waals surface area contributed by atoms with E-state index in [1.807, 2.05) is 38.1 Å². The third-order valence-corrected chi connectivity index (χ3v) is 5.54. The molecule has 0 unspecified atom stereocenters. The molecule has 0 saturated heterocycles. The fourth-order valence-electron chi connectivity index (χ4n) is 2.53. The second-order valence-corrected chi connectivity index (χ2v) is 8.86. The number of sulfonamides is 1. The number of nitrogens with one attached hydrogen (secondary N) is 1. The molecular weight excluding hydrogens is 432 g/mol. The highest BCUT2D eigenvalue weighted by molar-refractivity contribution is 9.10. The van der Waals surface area contributed by atoms with E-state index in [0.29, 0.717) is 12.3 Å². The van der Waals surface area contributed by atoms with Crippen LogP contribution in [0.2, 0.25) is 0 Å². The molecule has 8 heteroatoms. The molecule has 0 fully saturated rings. The number of rotatable bonds is 8. The molecule has 0 saturated carbocycles. The summed E-state index contributed by atoms with van der Waals surface area (Å²) in [5.41, 5.74) is 1.34. The molecule has 0 radical (unpaired) electrons. The highest BCUT2D eigenvalue weighted by Gasteiger charge is 2.21. The zero-order chi connectivity index (χ0) is 20.0. The van der Waals surface area contributed by atoms with Crippen molar-refractivity contribution >= 4 is 37.5 Å². The number of hydrogen-bond donors (Lipinski definition) is 1. The summed E-state index contributed by atoms with van der Waals surface area (Å²) >= 11 is 3.31. The first-order chi connectivity index (χ1) is 12.7. The molecule has 0 heterocycles. The first-order valence-corrected chi connectivity index (χ1v) is 11.1. The second-order valence-electron chi connectivity index (χ2n) is 6.04. The van der Waals surface area contributed by atoms with Crippen LogP contribution in [0.15, 0.2) is 53.0 Å². The average molecular weight is 455 g/mol. The van der Waals surface area contributed by atoms with Crippen molar-refractivity contribution in [3.8, 4) is 5.75 Å². The minimum atomic E-state index is -3.60. The Morgan fingerprint density at radius 3 is 2.26 bits per heavy atom. The highest BCUT2D eigenvalue weighted by atomic mass is 79.9. The molecule has 2 aromatic carbocycles. The Kier molecular flexibility index (Phi) is 7.26. The molecular formula is C19H23BrN2O4S. The van der Waals surface area contributed by atoms with E-state index in [0.717, 1.165) is 26.3 Å². The van der Waals surface area contributed by atoms with Gasteiger partial charge in [0, 0.05) is 4.47 Å². The SMILES string of the molecule is CCOc1ccc([C@H](C)NC(=O)CN(c2ccc(Br)cc2)S(C)(=O)=O)cc1. The number of hydrogen-bond acceptors (Lipinski definition) is 4. The van der Waals surface area contributed by atoms with Crippen molar-refractivity contribution in [1.29, 1.82) is 0 Å². The van der Waals surface area contributed by atoms with Gasteiger partial charge < -0.3 is 10.1 Å². The van der Waals surface area contributed by atoms with Gasteiger partial charge in [-0.2, -0.15) is 0 Å². The van der Waals surface area contributed by atoms with E-state index >= 15 is 0 Å². The molecule has 0 spiro atoms. The second kappa shape index (κ2) is 9.23. The Morgan fingerprint density at radius 2 is 1.74 bits per heavy atom. The van der Waals surface area contributed by atoms with Gasteiger partial charge in [0.05, 0.1) is 24.6 Å². The molecule has 0 aliphatic heterocycles. The Bertz CT molecular complexity index is 868. The summed E-state index contributed by atoms with van der Waals surface area (Å²) in [6.07, 6.45) is 1.08. The van der Waals surface area contributed by atoms with E-state index in [-0.39, 0.29) is 18.5 Å². The lowest BCUT2D eigenvalue weighted by Gasteiger charge is -2.23. The van der Waals surface area contributed by atoms with Crippen LogP contribution in [-0.4, -0.2) is 33.7 Å². The molecule has 1 N–H and O–H groups in total. The van der Waals surface area contributed by atoms with Crippen molar-refractivity contribution in [3.63, 3.8) is 0 Å². The van der Waals surface area contributed by atoms with Crippen LogP contribution in [0.25, 0.3) is 0 Å². The Balaban J connectivity index is 2.07. The maximum atomic E-state index is 12.4. The summed E-state index contributed by atoms with van der Waals surface area (Å²) in [4.78, 5) is 12.4. The van der Waals surface area contributed by atoms with Crippen LogP contribution < -0.4 is 14.4 Å². The van der Waals surface area contributed by atoms with Crippen LogP contribution in [-0.2, 0) is 14.8 Å². The van der Waals surface area contributed by atoms with Gasteiger partial charge in [-0.3, -0.25) is 9.10 Å². The van der Waals surface area contributed by atoms with Crippen molar-refractivity contribution in [2.24, 2.45) is 0 Å². The summed E-state index contributed by atoms with van der Waals surface area (Å²) in [5.74, 6) is 0.378. The minimum Gasteiger partial charge on any atom is -0.494 e. The lowest BCUT2D eigenvalue weighted by molar-refractivity contribution is -0.120. The van der Waals surface area contributed by atoms with E-state index < -0.39 is 10.0 Å². The number of benzene rings is 2. The number of amides is 1. The van der Waals surface area contributed by atoms with Crippen molar-refractivity contribution in [2.75, 3.05) is 23.7 Å². The van der Waals surface area contributed by atoms with Crippen LogP contribution in [0, 0.1) is 0 Å². The maximum absolute atomic E-state index is 12.4. The number of carbonyl (C=O) groups is 1. The summed E-state index contributed by atoms with van der Waals surface area (Å²) < 4.78 is 31.6. The fraction of sp³-hybridized carbons (Fsp3) is 0.316. The summed E-state index contributed by atoms with van der Waals surface area (Å²) in [7, 11) is -3.60. The third-order valence-electron chi connectivity index (χ3n) is 3.87. The Labute approximate surface area is 168 Å². The molecule has 2 rings (SSSR count). The zero-order valence-electron chi connectivity index (χ0n) is 15.5. The van der Waals surface area contributed by atoms with Crippen LogP contribution >= 0.6 is 15.9 Å². The maximum Gasteiger partial charge on any atom is 0.241 e. The van der Waals surface area contributed by atoms with Crippen LogP contribution in [0.4, 0.5) is 5.69 Å². The van der Waals surface area contributed by atoms with E-state index in [2.05, 4.69) is 21.2 Å². The molecule has 27 heavy (non-hydrogen) atoms. The summed E-state index contributed by atoms with van der Waals surface area (Å²) in [6, 6.07) is 13.9. The van der Waals surface area contributed by atoms with E-state index in [1.165, 1.54) is 0 Å². The molecule has 1 amide bonds. The van der Waals surface area contributed by atoms with Crippen molar-refractivity contribution in [3.05, 3.63) is 58.6 Å². The predicted molar refractivity (Wildman–Crippen MR) is 111 cm³/mol. The van der Waals surface area contributed by atoms with Gasteiger partial charge in [-0.1, -0.05) is 28.1 Å². The molecule has 6 nitrogen and oxygen atoms in total. The molecule has 0 bridgehead atoms. The quantitative estimate of drug-likeness (QED) is 0.661. The van der Waals surface area contributed by atoms with Gasteiger partial charge in [-0.25, -0.2) is 8.42 Å². The molecule has 0 aliphatic rings. The van der Waals surface area contributed by atoms with Gasteiger partial charge in [0.15, 0.2) is 0 Å². The Hall–Kier alpha value is -2.06. The monoisotopic (exact) mass is 454 g/mol. The van der Waals surface area contributed by atoms with Gasteiger partial charge in [0.25, 0.3) is 0 Å². The minimum absolute atomic E-state index is 0.264. The average Bonchev–Trinajstić information content (AvgIpc) is 2.60. The molecule has 0 aromatic heterocycles. The van der Waals surface area contributed by atoms with Crippen LogP contribution in [0.1, 0.15) is 25.5 Å². The van der Waals surface area contributed by atoms with Crippen LogP contribution in [0.5, 0.6) is 5.75 Å². The number of ether oxygens (including phenoxy) is 1. The van der Waals surface area contributed by atoms with Gasteiger partial charge in [0.1, 0.15) is 12.3 Å². The van der Waals surface area contributed by atoms with E-state index in [4.69, 9.17) is 4.74 Å². The first kappa shape index (κ1) is 21.2. The number of carbonyl (C=O) groups excluding carboxylic acids is 1. The first-order valence-electron chi connectivity index (χ1n) is 8.46. The molecule has 0 aliphatic carbocycles. The number of anilines is 1. The van der Waals surface area contributed by atoms with Gasteiger partial charge in [-0.15, -0.1) is 0 Å². The molecule has 146 valence electrons. The predicted octanol–water partition coefficient (Wildman–Crippen LogP) is 3.49. The molecule has 1 atom stereocenters. The van der Waals surface area contributed by atoms with Gasteiger partial charge in [0.2, 0.25) is 15.9 Å². The third kappa shape index (κ3) is 6.25. The summed E-state index contributed by atoms with van der Waals surface area (Å²) in [6.45, 7) is 4.05. The largest absolute Gasteiger partial charge is 0.494 e. The summed E-state index contributed by atoms with van der Waals surface area (Å²) in [5, 5.41) is 2.84.